The zero-order valence-electron chi connectivity index (χ0n) is 13.6. The molecule has 2 rings (SSSR count). The van der Waals surface area contributed by atoms with E-state index in [1.54, 1.807) is 6.20 Å². The van der Waals surface area contributed by atoms with Gasteiger partial charge in [0.15, 0.2) is 0 Å². The highest BCUT2D eigenvalue weighted by Gasteiger charge is 2.10. The summed E-state index contributed by atoms with van der Waals surface area (Å²) in [5.41, 5.74) is 1.84. The van der Waals surface area contributed by atoms with E-state index in [9.17, 15) is 4.79 Å². The van der Waals surface area contributed by atoms with Gasteiger partial charge in [-0.3, -0.25) is 9.48 Å². The van der Waals surface area contributed by atoms with E-state index in [1.807, 2.05) is 41.2 Å². The third kappa shape index (κ3) is 5.02. The van der Waals surface area contributed by atoms with Gasteiger partial charge in [-0.05, 0) is 49.4 Å². The summed E-state index contributed by atoms with van der Waals surface area (Å²) < 4.78 is 1.86. The van der Waals surface area contributed by atoms with Gasteiger partial charge in [-0.1, -0.05) is 26.0 Å². The summed E-state index contributed by atoms with van der Waals surface area (Å²) in [7, 11) is 0. The largest absolute Gasteiger partial charge is 0.350 e. The normalized spacial score (nSPS) is 12.4. The standard InChI is InChI=1S/C18H25N3O/c1-14(2)5-6-15(3)20-18(22)17-9-7-16(8-10-17)13-21-12-4-11-19-21/h4,7-12,14-15H,5-6,13H2,1-3H3,(H,20,22). The molecular weight excluding hydrogens is 274 g/mol. The smallest absolute Gasteiger partial charge is 0.251 e. The first kappa shape index (κ1) is 16.3. The fourth-order valence-corrected chi connectivity index (χ4v) is 2.31. The van der Waals surface area contributed by atoms with Crippen molar-refractivity contribution in [2.24, 2.45) is 5.92 Å². The molecule has 0 radical (unpaired) electrons. The molecule has 0 saturated heterocycles. The molecule has 4 nitrogen and oxygen atoms in total. The Morgan fingerprint density at radius 3 is 2.50 bits per heavy atom. The molecule has 118 valence electrons. The van der Waals surface area contributed by atoms with Crippen molar-refractivity contribution in [3.63, 3.8) is 0 Å². The zero-order valence-corrected chi connectivity index (χ0v) is 13.6. The number of aromatic nitrogens is 2. The van der Waals surface area contributed by atoms with Gasteiger partial charge >= 0.3 is 0 Å². The van der Waals surface area contributed by atoms with Crippen LogP contribution in [0.15, 0.2) is 42.7 Å². The molecule has 0 aliphatic heterocycles. The van der Waals surface area contributed by atoms with E-state index in [4.69, 9.17) is 0 Å². The lowest BCUT2D eigenvalue weighted by atomic mass is 10.0. The molecule has 0 bridgehead atoms. The summed E-state index contributed by atoms with van der Waals surface area (Å²) in [6.07, 6.45) is 5.84. The topological polar surface area (TPSA) is 46.9 Å². The molecule has 0 aliphatic carbocycles. The molecule has 22 heavy (non-hydrogen) atoms. The van der Waals surface area contributed by atoms with Gasteiger partial charge in [-0.25, -0.2) is 0 Å². The van der Waals surface area contributed by atoms with Gasteiger partial charge < -0.3 is 5.32 Å². The molecular formula is C18H25N3O. The van der Waals surface area contributed by atoms with Crippen molar-refractivity contribution in [2.45, 2.75) is 46.2 Å². The fourth-order valence-electron chi connectivity index (χ4n) is 2.31. The summed E-state index contributed by atoms with van der Waals surface area (Å²) in [6.45, 7) is 7.19. The van der Waals surface area contributed by atoms with Crippen molar-refractivity contribution in [3.05, 3.63) is 53.9 Å². The van der Waals surface area contributed by atoms with Crippen LogP contribution in [0.1, 0.15) is 49.5 Å². The van der Waals surface area contributed by atoms with Gasteiger partial charge in [-0.2, -0.15) is 5.10 Å². The maximum atomic E-state index is 12.2. The van der Waals surface area contributed by atoms with Gasteiger partial charge in [0.05, 0.1) is 6.54 Å². The molecule has 1 unspecified atom stereocenters. The second-order valence-corrected chi connectivity index (χ2v) is 6.25. The highest BCUT2D eigenvalue weighted by molar-refractivity contribution is 5.94. The van der Waals surface area contributed by atoms with E-state index < -0.39 is 0 Å². The van der Waals surface area contributed by atoms with E-state index in [0.717, 1.165) is 24.9 Å². The Bertz CT molecular complexity index is 573. The monoisotopic (exact) mass is 299 g/mol. The van der Waals surface area contributed by atoms with E-state index in [-0.39, 0.29) is 11.9 Å². The third-order valence-corrected chi connectivity index (χ3v) is 3.67. The van der Waals surface area contributed by atoms with Crippen LogP contribution in [0.4, 0.5) is 0 Å². The quantitative estimate of drug-likeness (QED) is 0.850. The van der Waals surface area contributed by atoms with Gasteiger partial charge in [0.1, 0.15) is 0 Å². The Balaban J connectivity index is 1.88. The Labute approximate surface area is 132 Å². The van der Waals surface area contributed by atoms with Crippen LogP contribution in [0.25, 0.3) is 0 Å². The van der Waals surface area contributed by atoms with E-state index >= 15 is 0 Å². The first-order valence-corrected chi connectivity index (χ1v) is 7.92. The van der Waals surface area contributed by atoms with Gasteiger partial charge in [-0.15, -0.1) is 0 Å². The average Bonchev–Trinajstić information content (AvgIpc) is 2.99. The van der Waals surface area contributed by atoms with Crippen LogP contribution in [0, 0.1) is 5.92 Å². The second kappa shape index (κ2) is 7.78. The Morgan fingerprint density at radius 1 is 1.18 bits per heavy atom. The predicted molar refractivity (Wildman–Crippen MR) is 88.8 cm³/mol. The number of nitrogens with zero attached hydrogens (tertiary/aromatic N) is 2. The molecule has 1 heterocycles. The van der Waals surface area contributed by atoms with Crippen LogP contribution < -0.4 is 5.32 Å². The van der Waals surface area contributed by atoms with Crippen LogP contribution in [0.3, 0.4) is 0 Å². The lowest BCUT2D eigenvalue weighted by molar-refractivity contribution is 0.0937. The fraction of sp³-hybridized carbons (Fsp3) is 0.444. The minimum absolute atomic E-state index is 0.00175. The summed E-state index contributed by atoms with van der Waals surface area (Å²) in [4.78, 5) is 12.2. The minimum atomic E-state index is 0.00175. The van der Waals surface area contributed by atoms with Crippen LogP contribution in [0.5, 0.6) is 0 Å². The van der Waals surface area contributed by atoms with Crippen molar-refractivity contribution < 1.29 is 4.79 Å². The predicted octanol–water partition coefficient (Wildman–Crippen LogP) is 3.49. The molecule has 2 aromatic rings. The lowest BCUT2D eigenvalue weighted by Gasteiger charge is -2.15. The molecule has 4 heteroatoms. The van der Waals surface area contributed by atoms with Gasteiger partial charge in [0, 0.05) is 24.0 Å². The second-order valence-electron chi connectivity index (χ2n) is 6.25. The molecule has 0 aliphatic rings. The van der Waals surface area contributed by atoms with Gasteiger partial charge in [0.25, 0.3) is 5.91 Å². The van der Waals surface area contributed by atoms with Crippen LogP contribution >= 0.6 is 0 Å². The average molecular weight is 299 g/mol. The molecule has 1 aromatic heterocycles. The lowest BCUT2D eigenvalue weighted by Crippen LogP contribution is -2.32. The first-order valence-electron chi connectivity index (χ1n) is 7.92. The summed E-state index contributed by atoms with van der Waals surface area (Å²) in [6, 6.07) is 9.83. The Morgan fingerprint density at radius 2 is 1.91 bits per heavy atom. The molecule has 0 fully saturated rings. The molecule has 1 N–H and O–H groups in total. The number of hydrogen-bond donors (Lipinski definition) is 1. The van der Waals surface area contributed by atoms with Crippen molar-refractivity contribution in [1.29, 1.82) is 0 Å². The van der Waals surface area contributed by atoms with Crippen molar-refractivity contribution in [3.8, 4) is 0 Å². The number of carbonyl (C=O) groups excluding carboxylic acids is 1. The number of carbonyl (C=O) groups is 1. The number of hydrogen-bond acceptors (Lipinski definition) is 2. The first-order chi connectivity index (χ1) is 10.5. The third-order valence-electron chi connectivity index (χ3n) is 3.67. The number of amides is 1. The van der Waals surface area contributed by atoms with E-state index in [1.165, 1.54) is 0 Å². The van der Waals surface area contributed by atoms with Crippen molar-refractivity contribution in [1.82, 2.24) is 15.1 Å². The molecule has 0 spiro atoms. The van der Waals surface area contributed by atoms with Crippen molar-refractivity contribution in [2.75, 3.05) is 0 Å². The van der Waals surface area contributed by atoms with Gasteiger partial charge in [0.2, 0.25) is 0 Å². The van der Waals surface area contributed by atoms with Crippen LogP contribution in [-0.4, -0.2) is 21.7 Å². The molecule has 0 saturated carbocycles. The molecule has 1 amide bonds. The minimum Gasteiger partial charge on any atom is -0.350 e. The Hall–Kier alpha value is -2.10. The number of benzene rings is 1. The van der Waals surface area contributed by atoms with Crippen LogP contribution in [0.2, 0.25) is 0 Å². The summed E-state index contributed by atoms with van der Waals surface area (Å²) in [5, 5.41) is 7.24. The summed E-state index contributed by atoms with van der Waals surface area (Å²) in [5.74, 6) is 0.669. The number of nitrogens with one attached hydrogen (secondary N) is 1. The highest BCUT2D eigenvalue weighted by Crippen LogP contribution is 2.09. The molecule has 1 atom stereocenters. The van der Waals surface area contributed by atoms with E-state index in [0.29, 0.717) is 11.5 Å². The molecule has 1 aromatic carbocycles. The SMILES string of the molecule is CC(C)CCC(C)NC(=O)c1ccc(Cn2cccn2)cc1. The van der Waals surface area contributed by atoms with Crippen molar-refractivity contribution >= 4 is 5.91 Å². The van der Waals surface area contributed by atoms with Crippen LogP contribution in [-0.2, 0) is 6.54 Å². The maximum absolute atomic E-state index is 12.2. The summed E-state index contributed by atoms with van der Waals surface area (Å²) >= 11 is 0. The Kier molecular flexibility index (Phi) is 5.75. The maximum Gasteiger partial charge on any atom is 0.251 e. The highest BCUT2D eigenvalue weighted by atomic mass is 16.1. The zero-order chi connectivity index (χ0) is 15.9. The van der Waals surface area contributed by atoms with E-state index in [2.05, 4.69) is 31.2 Å². The number of rotatable bonds is 7.